The summed E-state index contributed by atoms with van der Waals surface area (Å²) in [6, 6.07) is 12.4. The van der Waals surface area contributed by atoms with E-state index in [1.807, 2.05) is 57.5 Å². The Morgan fingerprint density at radius 2 is 1.39 bits per heavy atom. The number of hydrazone groups is 1. The Balaban J connectivity index is 1.75. The molecule has 0 fully saturated rings. The summed E-state index contributed by atoms with van der Waals surface area (Å²) in [5.74, 6) is -0.109. The summed E-state index contributed by atoms with van der Waals surface area (Å²) < 4.78 is 1.96. The van der Waals surface area contributed by atoms with Gasteiger partial charge in [-0.25, -0.2) is 4.68 Å². The maximum Gasteiger partial charge on any atom is 0.280 e. The highest BCUT2D eigenvalue weighted by atomic mass is 16.2. The van der Waals surface area contributed by atoms with Crippen molar-refractivity contribution in [1.29, 1.82) is 0 Å². The van der Waals surface area contributed by atoms with Crippen LogP contribution in [0.5, 0.6) is 0 Å². The van der Waals surface area contributed by atoms with Crippen LogP contribution in [0.15, 0.2) is 47.1 Å². The van der Waals surface area contributed by atoms with Crippen molar-refractivity contribution in [1.82, 2.24) is 9.78 Å². The molecule has 0 saturated carbocycles. The SMILES string of the molecule is CC1=NN(c2ccc(C)cc2C)C(=O)/C1=C\c1c(C)nn(-c2ccc(C)cc2C)c1C. The van der Waals surface area contributed by atoms with Gasteiger partial charge in [-0.15, -0.1) is 0 Å². The fourth-order valence-corrected chi connectivity index (χ4v) is 4.18. The van der Waals surface area contributed by atoms with Crippen LogP contribution < -0.4 is 5.01 Å². The van der Waals surface area contributed by atoms with Crippen molar-refractivity contribution in [2.24, 2.45) is 5.10 Å². The second-order valence-electron chi connectivity index (χ2n) is 8.44. The maximum atomic E-state index is 13.3. The summed E-state index contributed by atoms with van der Waals surface area (Å²) in [6.45, 7) is 14.1. The van der Waals surface area contributed by atoms with Crippen LogP contribution in [0.25, 0.3) is 11.8 Å². The van der Waals surface area contributed by atoms with Crippen LogP contribution in [0, 0.1) is 41.5 Å². The Labute approximate surface area is 183 Å². The van der Waals surface area contributed by atoms with E-state index in [-0.39, 0.29) is 5.91 Å². The van der Waals surface area contributed by atoms with E-state index in [1.165, 1.54) is 16.1 Å². The van der Waals surface area contributed by atoms with Crippen molar-refractivity contribution in [3.63, 3.8) is 0 Å². The minimum atomic E-state index is -0.109. The molecule has 1 amide bonds. The average molecular weight is 413 g/mol. The Morgan fingerprint density at radius 3 is 1.97 bits per heavy atom. The molecule has 1 aromatic heterocycles. The summed E-state index contributed by atoms with van der Waals surface area (Å²) in [6.07, 6.45) is 1.93. The summed E-state index contributed by atoms with van der Waals surface area (Å²) in [7, 11) is 0. The van der Waals surface area contributed by atoms with Gasteiger partial charge in [-0.3, -0.25) is 4.79 Å². The third-order valence-electron chi connectivity index (χ3n) is 5.86. The number of aryl methyl sites for hydroxylation is 5. The average Bonchev–Trinajstić information content (AvgIpc) is 3.13. The Morgan fingerprint density at radius 1 is 0.806 bits per heavy atom. The van der Waals surface area contributed by atoms with Gasteiger partial charge in [0.25, 0.3) is 5.91 Å². The Hall–Kier alpha value is -3.47. The summed E-state index contributed by atoms with van der Waals surface area (Å²) >= 11 is 0. The van der Waals surface area contributed by atoms with E-state index in [0.29, 0.717) is 11.3 Å². The van der Waals surface area contributed by atoms with E-state index in [2.05, 4.69) is 43.2 Å². The van der Waals surface area contributed by atoms with E-state index >= 15 is 0 Å². The third kappa shape index (κ3) is 3.61. The molecule has 5 nitrogen and oxygen atoms in total. The van der Waals surface area contributed by atoms with Crippen LogP contribution in [-0.2, 0) is 4.79 Å². The normalized spacial score (nSPS) is 15.2. The van der Waals surface area contributed by atoms with Crippen molar-refractivity contribution in [3.8, 4) is 5.69 Å². The number of anilines is 1. The number of hydrogen-bond donors (Lipinski definition) is 0. The number of amides is 1. The molecule has 0 saturated heterocycles. The molecule has 0 spiro atoms. The van der Waals surface area contributed by atoms with Crippen LogP contribution in [0.1, 0.15) is 46.1 Å². The Bertz CT molecular complexity index is 1280. The van der Waals surface area contributed by atoms with Crippen LogP contribution in [0.3, 0.4) is 0 Å². The van der Waals surface area contributed by atoms with E-state index in [4.69, 9.17) is 5.10 Å². The first-order valence-corrected chi connectivity index (χ1v) is 10.5. The molecular weight excluding hydrogens is 384 g/mol. The van der Waals surface area contributed by atoms with Crippen molar-refractivity contribution in [2.45, 2.75) is 48.5 Å². The molecule has 1 aliphatic heterocycles. The van der Waals surface area contributed by atoms with Gasteiger partial charge >= 0.3 is 0 Å². The number of carbonyl (C=O) groups is 1. The summed E-state index contributed by atoms with van der Waals surface area (Å²) in [5, 5.41) is 10.8. The first-order valence-electron chi connectivity index (χ1n) is 10.5. The number of nitrogens with zero attached hydrogens (tertiary/aromatic N) is 4. The van der Waals surface area contributed by atoms with Gasteiger partial charge < -0.3 is 0 Å². The predicted molar refractivity (Wildman–Crippen MR) is 127 cm³/mol. The topological polar surface area (TPSA) is 50.5 Å². The van der Waals surface area contributed by atoms with E-state index in [9.17, 15) is 4.79 Å². The van der Waals surface area contributed by atoms with E-state index in [0.717, 1.165) is 39.5 Å². The first kappa shape index (κ1) is 20.8. The van der Waals surface area contributed by atoms with Crippen molar-refractivity contribution in [3.05, 3.63) is 81.2 Å². The highest BCUT2D eigenvalue weighted by Gasteiger charge is 2.30. The molecule has 4 rings (SSSR count). The quantitative estimate of drug-likeness (QED) is 0.531. The lowest BCUT2D eigenvalue weighted by atomic mass is 10.1. The molecule has 0 aliphatic carbocycles. The van der Waals surface area contributed by atoms with Crippen molar-refractivity contribution in [2.75, 3.05) is 5.01 Å². The monoisotopic (exact) mass is 412 g/mol. The maximum absolute atomic E-state index is 13.3. The van der Waals surface area contributed by atoms with Crippen LogP contribution in [0.4, 0.5) is 5.69 Å². The van der Waals surface area contributed by atoms with Gasteiger partial charge in [-0.2, -0.15) is 15.2 Å². The zero-order valence-corrected chi connectivity index (χ0v) is 19.2. The lowest BCUT2D eigenvalue weighted by Crippen LogP contribution is -2.22. The molecule has 31 heavy (non-hydrogen) atoms. The Kier molecular flexibility index (Phi) is 5.13. The van der Waals surface area contributed by atoms with Gasteiger partial charge in [-0.1, -0.05) is 35.4 Å². The minimum absolute atomic E-state index is 0.109. The lowest BCUT2D eigenvalue weighted by molar-refractivity contribution is -0.114. The van der Waals surface area contributed by atoms with Crippen molar-refractivity contribution < 1.29 is 4.79 Å². The number of benzene rings is 2. The van der Waals surface area contributed by atoms with Crippen LogP contribution in [0.2, 0.25) is 0 Å². The number of carbonyl (C=O) groups excluding carboxylic acids is 1. The van der Waals surface area contributed by atoms with E-state index in [1.54, 1.807) is 0 Å². The number of hydrogen-bond acceptors (Lipinski definition) is 3. The highest BCUT2D eigenvalue weighted by molar-refractivity contribution is 6.32. The van der Waals surface area contributed by atoms with Gasteiger partial charge in [-0.05, 0) is 77.8 Å². The molecule has 3 aromatic rings. The van der Waals surface area contributed by atoms with Crippen LogP contribution in [-0.4, -0.2) is 21.4 Å². The molecular formula is C26H28N4O. The third-order valence-corrected chi connectivity index (χ3v) is 5.86. The fraction of sp³-hybridized carbons (Fsp3) is 0.269. The second kappa shape index (κ2) is 7.65. The molecule has 0 N–H and O–H groups in total. The van der Waals surface area contributed by atoms with Gasteiger partial charge in [0.15, 0.2) is 0 Å². The minimum Gasteiger partial charge on any atom is -0.267 e. The standard InChI is InChI=1S/C26H28N4O/c1-15-8-10-24(17(3)12-15)29-21(7)22(19(5)27-29)14-23-20(6)28-30(26(23)31)25-11-9-16(2)13-18(25)4/h8-14H,1-7H3/b23-14-. The largest absolute Gasteiger partial charge is 0.280 e. The van der Waals surface area contributed by atoms with Gasteiger partial charge in [0.05, 0.1) is 28.4 Å². The molecule has 0 bridgehead atoms. The molecule has 2 aromatic carbocycles. The molecule has 2 heterocycles. The zero-order valence-electron chi connectivity index (χ0n) is 19.2. The number of aromatic nitrogens is 2. The lowest BCUT2D eigenvalue weighted by Gasteiger charge is -2.15. The van der Waals surface area contributed by atoms with Gasteiger partial charge in [0, 0.05) is 11.3 Å². The molecule has 5 heteroatoms. The van der Waals surface area contributed by atoms with E-state index < -0.39 is 0 Å². The summed E-state index contributed by atoms with van der Waals surface area (Å²) in [5.41, 5.74) is 10.6. The molecule has 0 unspecified atom stereocenters. The smallest absolute Gasteiger partial charge is 0.267 e. The molecule has 1 aliphatic rings. The van der Waals surface area contributed by atoms with Gasteiger partial charge in [0.2, 0.25) is 0 Å². The molecule has 0 radical (unpaired) electrons. The van der Waals surface area contributed by atoms with Gasteiger partial charge in [0.1, 0.15) is 0 Å². The first-order chi connectivity index (χ1) is 14.7. The predicted octanol–water partition coefficient (Wildman–Crippen LogP) is 5.53. The van der Waals surface area contributed by atoms with Crippen molar-refractivity contribution >= 4 is 23.4 Å². The second-order valence-corrected chi connectivity index (χ2v) is 8.44. The highest BCUT2D eigenvalue weighted by Crippen LogP contribution is 2.30. The summed E-state index contributed by atoms with van der Waals surface area (Å²) in [4.78, 5) is 13.3. The number of rotatable bonds is 3. The zero-order chi connectivity index (χ0) is 22.4. The molecule has 0 atom stereocenters. The fourth-order valence-electron chi connectivity index (χ4n) is 4.18. The van der Waals surface area contributed by atoms with Crippen LogP contribution >= 0.6 is 0 Å². The molecule has 158 valence electrons.